The van der Waals surface area contributed by atoms with Crippen LogP contribution in [0.1, 0.15) is 25.5 Å². The molecule has 23 heavy (non-hydrogen) atoms. The molecule has 0 amide bonds. The Balaban J connectivity index is 2.09. The number of nitrogens with zero attached hydrogens (tertiary/aromatic N) is 4. The Morgan fingerprint density at radius 3 is 2.17 bits per heavy atom. The van der Waals surface area contributed by atoms with Gasteiger partial charge in [-0.15, -0.1) is 10.2 Å². The van der Waals surface area contributed by atoms with Crippen molar-refractivity contribution < 1.29 is 8.78 Å². The molecule has 9 heteroatoms. The summed E-state index contributed by atoms with van der Waals surface area (Å²) in [5.74, 6) is -1.76. The number of fused-ring (bicyclic) bond motifs is 1. The largest absolute Gasteiger partial charge is 0.248 e. The summed E-state index contributed by atoms with van der Waals surface area (Å²) in [5, 5.41) is 8.79. The SMILES string of the molecule is CSc1nnc(Sc2nc3cc(F)c(F)cc3nc2C(C)C)s1. The van der Waals surface area contributed by atoms with E-state index in [1.165, 1.54) is 34.9 Å². The van der Waals surface area contributed by atoms with Crippen molar-refractivity contribution in [2.24, 2.45) is 0 Å². The van der Waals surface area contributed by atoms with Gasteiger partial charge in [-0.25, -0.2) is 18.7 Å². The van der Waals surface area contributed by atoms with Crippen LogP contribution in [0, 0.1) is 11.6 Å². The summed E-state index contributed by atoms with van der Waals surface area (Å²) in [6.07, 6.45) is 1.93. The molecular weight excluding hydrogens is 358 g/mol. The summed E-state index contributed by atoms with van der Waals surface area (Å²) in [4.78, 5) is 8.92. The Bertz CT molecular complexity index is 867. The zero-order valence-corrected chi connectivity index (χ0v) is 15.0. The number of halogens is 2. The highest BCUT2D eigenvalue weighted by Crippen LogP contribution is 2.36. The fourth-order valence-electron chi connectivity index (χ4n) is 1.90. The molecule has 0 aliphatic rings. The molecule has 3 aromatic rings. The minimum absolute atomic E-state index is 0.0930. The van der Waals surface area contributed by atoms with E-state index in [0.717, 1.165) is 26.5 Å². The van der Waals surface area contributed by atoms with Crippen molar-refractivity contribution in [1.29, 1.82) is 0 Å². The van der Waals surface area contributed by atoms with Gasteiger partial charge in [0.25, 0.3) is 0 Å². The molecule has 0 aliphatic carbocycles. The maximum atomic E-state index is 13.4. The summed E-state index contributed by atoms with van der Waals surface area (Å²) in [5.41, 5.74) is 1.40. The van der Waals surface area contributed by atoms with Gasteiger partial charge in [0.2, 0.25) is 0 Å². The van der Waals surface area contributed by atoms with Crippen LogP contribution in [-0.2, 0) is 0 Å². The molecule has 0 atom stereocenters. The summed E-state index contributed by atoms with van der Waals surface area (Å²) < 4.78 is 28.5. The van der Waals surface area contributed by atoms with E-state index in [1.54, 1.807) is 0 Å². The molecule has 2 heterocycles. The topological polar surface area (TPSA) is 51.6 Å². The zero-order valence-electron chi connectivity index (χ0n) is 12.5. The second-order valence-electron chi connectivity index (χ2n) is 4.96. The van der Waals surface area contributed by atoms with Gasteiger partial charge >= 0.3 is 0 Å². The van der Waals surface area contributed by atoms with Crippen LogP contribution in [0.15, 0.2) is 25.8 Å². The number of hydrogen-bond acceptors (Lipinski definition) is 7. The van der Waals surface area contributed by atoms with Gasteiger partial charge in [0.05, 0.1) is 16.7 Å². The zero-order chi connectivity index (χ0) is 16.6. The molecule has 2 aromatic heterocycles. The third-order valence-corrected chi connectivity index (χ3v) is 5.94. The van der Waals surface area contributed by atoms with Crippen molar-refractivity contribution in [2.75, 3.05) is 6.26 Å². The predicted octanol–water partition coefficient (Wildman–Crippen LogP) is 4.76. The van der Waals surface area contributed by atoms with Crippen molar-refractivity contribution in [1.82, 2.24) is 20.2 Å². The third kappa shape index (κ3) is 3.46. The van der Waals surface area contributed by atoms with E-state index in [2.05, 4.69) is 20.2 Å². The van der Waals surface area contributed by atoms with Gasteiger partial charge in [-0.3, -0.25) is 0 Å². The number of hydrogen-bond donors (Lipinski definition) is 0. The van der Waals surface area contributed by atoms with Crippen LogP contribution in [-0.4, -0.2) is 26.4 Å². The molecule has 1 aromatic carbocycles. The van der Waals surface area contributed by atoms with E-state index in [4.69, 9.17) is 0 Å². The van der Waals surface area contributed by atoms with Gasteiger partial charge in [-0.1, -0.05) is 36.9 Å². The van der Waals surface area contributed by atoms with E-state index in [-0.39, 0.29) is 5.92 Å². The van der Waals surface area contributed by atoms with Crippen LogP contribution in [0.5, 0.6) is 0 Å². The molecule has 0 bridgehead atoms. The molecule has 0 unspecified atom stereocenters. The van der Waals surface area contributed by atoms with Gasteiger partial charge in [0.15, 0.2) is 20.3 Å². The molecule has 120 valence electrons. The molecule has 0 aliphatic heterocycles. The lowest BCUT2D eigenvalue weighted by atomic mass is 10.1. The van der Waals surface area contributed by atoms with Crippen LogP contribution in [0.2, 0.25) is 0 Å². The minimum atomic E-state index is -0.930. The normalized spacial score (nSPS) is 11.6. The van der Waals surface area contributed by atoms with Crippen molar-refractivity contribution in [3.63, 3.8) is 0 Å². The van der Waals surface area contributed by atoms with Crippen molar-refractivity contribution in [3.8, 4) is 0 Å². The number of aromatic nitrogens is 4. The highest BCUT2D eigenvalue weighted by Gasteiger charge is 2.17. The van der Waals surface area contributed by atoms with Crippen LogP contribution < -0.4 is 0 Å². The van der Waals surface area contributed by atoms with Gasteiger partial charge in [0, 0.05) is 12.1 Å². The van der Waals surface area contributed by atoms with Gasteiger partial charge in [-0.2, -0.15) is 0 Å². The molecule has 4 nitrogen and oxygen atoms in total. The van der Waals surface area contributed by atoms with Crippen molar-refractivity contribution in [3.05, 3.63) is 29.5 Å². The Kier molecular flexibility index (Phi) is 4.79. The summed E-state index contributed by atoms with van der Waals surface area (Å²) >= 11 is 4.33. The molecule has 0 fully saturated rings. The molecule has 0 N–H and O–H groups in total. The molecule has 0 spiro atoms. The Hall–Kier alpha value is -1.32. The lowest BCUT2D eigenvalue weighted by molar-refractivity contribution is 0.510. The summed E-state index contributed by atoms with van der Waals surface area (Å²) in [7, 11) is 0. The molecular formula is C14H12F2N4S3. The van der Waals surface area contributed by atoms with E-state index in [0.29, 0.717) is 16.1 Å². The average Bonchev–Trinajstić information content (AvgIpc) is 2.96. The first-order chi connectivity index (χ1) is 11.0. The van der Waals surface area contributed by atoms with E-state index in [9.17, 15) is 8.78 Å². The van der Waals surface area contributed by atoms with Crippen LogP contribution >= 0.6 is 34.9 Å². The van der Waals surface area contributed by atoms with Crippen molar-refractivity contribution in [2.45, 2.75) is 33.5 Å². The van der Waals surface area contributed by atoms with Crippen molar-refractivity contribution >= 4 is 45.9 Å². The van der Waals surface area contributed by atoms with Gasteiger partial charge in [0.1, 0.15) is 5.03 Å². The molecule has 0 saturated carbocycles. The first kappa shape index (κ1) is 16.5. The Labute approximate surface area is 144 Å². The lowest BCUT2D eigenvalue weighted by Gasteiger charge is -2.11. The second kappa shape index (κ2) is 6.66. The fraction of sp³-hybridized carbons (Fsp3) is 0.286. The minimum Gasteiger partial charge on any atom is -0.248 e. The van der Waals surface area contributed by atoms with Crippen LogP contribution in [0.3, 0.4) is 0 Å². The van der Waals surface area contributed by atoms with Crippen LogP contribution in [0.4, 0.5) is 8.78 Å². The maximum absolute atomic E-state index is 13.4. The standard InChI is InChI=1S/C14H12F2N4S3/c1-6(2)11-12(22-14-20-19-13(21-3)23-14)18-10-5-8(16)7(15)4-9(10)17-11/h4-6H,1-3H3. The molecule has 0 saturated heterocycles. The van der Waals surface area contributed by atoms with Gasteiger partial charge in [-0.05, 0) is 23.9 Å². The van der Waals surface area contributed by atoms with Gasteiger partial charge < -0.3 is 0 Å². The smallest absolute Gasteiger partial charge is 0.181 e. The fourth-order valence-corrected chi connectivity index (χ4v) is 4.48. The first-order valence-electron chi connectivity index (χ1n) is 6.70. The average molecular weight is 370 g/mol. The highest BCUT2D eigenvalue weighted by atomic mass is 32.2. The highest BCUT2D eigenvalue weighted by molar-refractivity contribution is 8.03. The lowest BCUT2D eigenvalue weighted by Crippen LogP contribution is -2.01. The second-order valence-corrected chi connectivity index (χ2v) is 8.23. The number of thioether (sulfide) groups is 1. The molecule has 3 rings (SSSR count). The Morgan fingerprint density at radius 2 is 1.61 bits per heavy atom. The number of benzene rings is 1. The van der Waals surface area contributed by atoms with Crippen LogP contribution in [0.25, 0.3) is 11.0 Å². The summed E-state index contributed by atoms with van der Waals surface area (Å²) in [6.45, 7) is 3.96. The Morgan fingerprint density at radius 1 is 1.00 bits per heavy atom. The monoisotopic (exact) mass is 370 g/mol. The first-order valence-corrected chi connectivity index (χ1v) is 9.55. The summed E-state index contributed by atoms with van der Waals surface area (Å²) in [6, 6.07) is 2.15. The van der Waals surface area contributed by atoms with E-state index < -0.39 is 11.6 Å². The maximum Gasteiger partial charge on any atom is 0.181 e. The van der Waals surface area contributed by atoms with E-state index >= 15 is 0 Å². The quantitative estimate of drug-likeness (QED) is 0.618. The van der Waals surface area contributed by atoms with E-state index in [1.807, 2.05) is 20.1 Å². The molecule has 0 radical (unpaired) electrons. The number of rotatable bonds is 4. The third-order valence-electron chi connectivity index (χ3n) is 2.99. The predicted molar refractivity (Wildman–Crippen MR) is 89.4 cm³/mol.